The lowest BCUT2D eigenvalue weighted by Crippen LogP contribution is -2.30. The first-order valence-electron chi connectivity index (χ1n) is 7.36. The van der Waals surface area contributed by atoms with Gasteiger partial charge in [0.05, 0.1) is 8.07 Å². The van der Waals surface area contributed by atoms with Gasteiger partial charge < -0.3 is 0 Å². The third kappa shape index (κ3) is 7.53. The summed E-state index contributed by atoms with van der Waals surface area (Å²) in [6.07, 6.45) is 9.73. The highest BCUT2D eigenvalue weighted by Crippen LogP contribution is 2.20. The summed E-state index contributed by atoms with van der Waals surface area (Å²) in [5, 5.41) is 0. The van der Waals surface area contributed by atoms with Crippen molar-refractivity contribution in [3.63, 3.8) is 0 Å². The molecule has 0 saturated carbocycles. The van der Waals surface area contributed by atoms with Crippen LogP contribution in [0.3, 0.4) is 0 Å². The van der Waals surface area contributed by atoms with E-state index in [1.54, 1.807) is 0 Å². The molecule has 17 heavy (non-hydrogen) atoms. The maximum absolute atomic E-state index is 4.58. The molecule has 0 amide bonds. The molecule has 0 aliphatic carbocycles. The molecule has 0 saturated heterocycles. The standard InChI is InChI=1S/C15H31NSi/c1-5-9-10-11-12-16-13-15-17(7-3,8-4)14-6-2/h6,13-14H,5,7-12,15H2,1-4H3. The van der Waals surface area contributed by atoms with Gasteiger partial charge in [-0.05, 0) is 25.6 Å². The summed E-state index contributed by atoms with van der Waals surface area (Å²) in [6.45, 7) is 10.1. The predicted molar refractivity (Wildman–Crippen MR) is 83.8 cm³/mol. The van der Waals surface area contributed by atoms with Crippen molar-refractivity contribution < 1.29 is 0 Å². The zero-order chi connectivity index (χ0) is 13.0. The monoisotopic (exact) mass is 253 g/mol. The van der Waals surface area contributed by atoms with E-state index >= 15 is 0 Å². The molecule has 0 unspecified atom stereocenters. The van der Waals surface area contributed by atoms with Crippen molar-refractivity contribution in [2.45, 2.75) is 71.5 Å². The average Bonchev–Trinajstić information content (AvgIpc) is 2.36. The molecule has 0 fully saturated rings. The van der Waals surface area contributed by atoms with E-state index in [1.807, 2.05) is 0 Å². The summed E-state index contributed by atoms with van der Waals surface area (Å²) in [5.41, 5.74) is 2.50. The summed E-state index contributed by atoms with van der Waals surface area (Å²) in [6, 6.07) is 3.92. The van der Waals surface area contributed by atoms with Crippen molar-refractivity contribution >= 4 is 14.3 Å². The number of aliphatic imine (C=N–C) groups is 1. The van der Waals surface area contributed by atoms with Gasteiger partial charge in [0.1, 0.15) is 0 Å². The Morgan fingerprint density at radius 3 is 2.24 bits per heavy atom. The van der Waals surface area contributed by atoms with E-state index in [4.69, 9.17) is 0 Å². The minimum Gasteiger partial charge on any atom is -0.298 e. The SMILES string of the molecule is CC=C[Si](CC)(CC)CC=NCCCCCC. The zero-order valence-electron chi connectivity index (χ0n) is 12.3. The molecule has 0 N–H and O–H groups in total. The van der Waals surface area contributed by atoms with Crippen molar-refractivity contribution in [3.05, 3.63) is 11.8 Å². The molecule has 0 aliphatic rings. The molecule has 0 aromatic carbocycles. The smallest absolute Gasteiger partial charge is 0.0820 e. The van der Waals surface area contributed by atoms with Gasteiger partial charge in [0, 0.05) is 6.54 Å². The van der Waals surface area contributed by atoms with Gasteiger partial charge in [0.2, 0.25) is 0 Å². The van der Waals surface area contributed by atoms with Gasteiger partial charge in [-0.25, -0.2) is 0 Å². The fourth-order valence-corrected chi connectivity index (χ4v) is 5.05. The Morgan fingerprint density at radius 1 is 1.00 bits per heavy atom. The number of unbranched alkanes of at least 4 members (excludes halogenated alkanes) is 3. The van der Waals surface area contributed by atoms with Crippen molar-refractivity contribution in [3.8, 4) is 0 Å². The van der Waals surface area contributed by atoms with Crippen LogP contribution in [0.4, 0.5) is 0 Å². The third-order valence-electron chi connectivity index (χ3n) is 3.70. The number of nitrogens with zero attached hydrogens (tertiary/aromatic N) is 1. The van der Waals surface area contributed by atoms with Crippen LogP contribution < -0.4 is 0 Å². The number of rotatable bonds is 10. The fourth-order valence-electron chi connectivity index (χ4n) is 2.16. The van der Waals surface area contributed by atoms with Gasteiger partial charge >= 0.3 is 0 Å². The van der Waals surface area contributed by atoms with Crippen LogP contribution in [0.2, 0.25) is 18.1 Å². The second-order valence-corrected chi connectivity index (χ2v) is 9.80. The second kappa shape index (κ2) is 10.8. The number of hydrogen-bond donors (Lipinski definition) is 0. The fraction of sp³-hybridized carbons (Fsp3) is 0.800. The Bertz CT molecular complexity index is 217. The highest BCUT2D eigenvalue weighted by molar-refractivity contribution is 6.86. The van der Waals surface area contributed by atoms with Crippen LogP contribution in [-0.2, 0) is 0 Å². The summed E-state index contributed by atoms with van der Waals surface area (Å²) >= 11 is 0. The van der Waals surface area contributed by atoms with Gasteiger partial charge in [0.15, 0.2) is 0 Å². The predicted octanol–water partition coefficient (Wildman–Crippen LogP) is 5.24. The van der Waals surface area contributed by atoms with Crippen molar-refractivity contribution in [2.75, 3.05) is 6.54 Å². The van der Waals surface area contributed by atoms with E-state index in [1.165, 1.54) is 43.8 Å². The average molecular weight is 254 g/mol. The van der Waals surface area contributed by atoms with Gasteiger partial charge in [-0.1, -0.05) is 63.9 Å². The minimum absolute atomic E-state index is 1.04. The molecule has 0 atom stereocenters. The van der Waals surface area contributed by atoms with Crippen LogP contribution in [-0.4, -0.2) is 20.8 Å². The maximum atomic E-state index is 4.58. The van der Waals surface area contributed by atoms with E-state index < -0.39 is 8.07 Å². The lowest BCUT2D eigenvalue weighted by Gasteiger charge is -2.23. The Balaban J connectivity index is 3.92. The van der Waals surface area contributed by atoms with Crippen LogP contribution in [0, 0.1) is 0 Å². The Kier molecular flexibility index (Phi) is 10.5. The van der Waals surface area contributed by atoms with E-state index in [-0.39, 0.29) is 0 Å². The van der Waals surface area contributed by atoms with Crippen LogP contribution in [0.15, 0.2) is 16.8 Å². The summed E-state index contributed by atoms with van der Waals surface area (Å²) in [7, 11) is -1.15. The first kappa shape index (κ1) is 16.6. The van der Waals surface area contributed by atoms with E-state index in [2.05, 4.69) is 50.7 Å². The minimum atomic E-state index is -1.15. The van der Waals surface area contributed by atoms with Crippen LogP contribution in [0.25, 0.3) is 0 Å². The van der Waals surface area contributed by atoms with E-state index in [0.29, 0.717) is 0 Å². The lowest BCUT2D eigenvalue weighted by molar-refractivity contribution is 0.676. The van der Waals surface area contributed by atoms with E-state index in [0.717, 1.165) is 6.54 Å². The van der Waals surface area contributed by atoms with Gasteiger partial charge in [-0.2, -0.15) is 0 Å². The first-order chi connectivity index (χ1) is 8.24. The largest absolute Gasteiger partial charge is 0.298 e. The Labute approximate surface area is 109 Å². The number of hydrogen-bond acceptors (Lipinski definition) is 1. The third-order valence-corrected chi connectivity index (χ3v) is 8.55. The quantitative estimate of drug-likeness (QED) is 0.287. The molecular weight excluding hydrogens is 222 g/mol. The van der Waals surface area contributed by atoms with Gasteiger partial charge in [-0.15, -0.1) is 0 Å². The zero-order valence-corrected chi connectivity index (χ0v) is 13.3. The van der Waals surface area contributed by atoms with Gasteiger partial charge in [-0.3, -0.25) is 4.99 Å². The first-order valence-corrected chi connectivity index (χ1v) is 10.1. The Hall–Kier alpha value is -0.373. The summed E-state index contributed by atoms with van der Waals surface area (Å²) in [4.78, 5) is 4.58. The molecule has 1 nitrogen and oxygen atoms in total. The van der Waals surface area contributed by atoms with Gasteiger partial charge in [0.25, 0.3) is 0 Å². The topological polar surface area (TPSA) is 12.4 Å². The molecule has 0 bridgehead atoms. The van der Waals surface area contributed by atoms with Crippen molar-refractivity contribution in [2.24, 2.45) is 4.99 Å². The molecule has 0 heterocycles. The van der Waals surface area contributed by atoms with Crippen LogP contribution >= 0.6 is 0 Å². The van der Waals surface area contributed by atoms with Crippen LogP contribution in [0.1, 0.15) is 53.4 Å². The summed E-state index contributed by atoms with van der Waals surface area (Å²) < 4.78 is 0. The number of allylic oxidation sites excluding steroid dienone is 1. The molecular formula is C15H31NSi. The molecule has 100 valence electrons. The molecule has 0 aromatic heterocycles. The maximum Gasteiger partial charge on any atom is 0.0820 e. The molecule has 2 heteroatoms. The summed E-state index contributed by atoms with van der Waals surface area (Å²) in [5.74, 6) is 0. The molecule has 0 spiro atoms. The van der Waals surface area contributed by atoms with Crippen LogP contribution in [0.5, 0.6) is 0 Å². The molecule has 0 aliphatic heterocycles. The second-order valence-electron chi connectivity index (χ2n) is 4.92. The molecule has 0 rings (SSSR count). The normalized spacial score (nSPS) is 12.9. The molecule has 0 radical (unpaired) electrons. The van der Waals surface area contributed by atoms with Crippen molar-refractivity contribution in [1.82, 2.24) is 0 Å². The highest BCUT2D eigenvalue weighted by Gasteiger charge is 2.23. The highest BCUT2D eigenvalue weighted by atomic mass is 28.3. The Morgan fingerprint density at radius 2 is 1.71 bits per heavy atom. The lowest BCUT2D eigenvalue weighted by atomic mass is 10.2. The van der Waals surface area contributed by atoms with Crippen molar-refractivity contribution in [1.29, 1.82) is 0 Å². The molecule has 0 aromatic rings. The van der Waals surface area contributed by atoms with E-state index in [9.17, 15) is 0 Å².